The van der Waals surface area contributed by atoms with Gasteiger partial charge in [0.25, 0.3) is 0 Å². The molecule has 1 aliphatic heterocycles. The molecule has 1 aromatic heterocycles. The minimum atomic E-state index is -0.429. The van der Waals surface area contributed by atoms with Gasteiger partial charge in [-0.05, 0) is 37.6 Å². The van der Waals surface area contributed by atoms with Gasteiger partial charge >= 0.3 is 0 Å². The summed E-state index contributed by atoms with van der Waals surface area (Å²) in [5.74, 6) is 0.566. The Hall–Kier alpha value is -3.12. The molecule has 6 nitrogen and oxygen atoms in total. The Morgan fingerprint density at radius 1 is 1.24 bits per heavy atom. The predicted octanol–water partition coefficient (Wildman–Crippen LogP) is 4.61. The van der Waals surface area contributed by atoms with Gasteiger partial charge in [-0.2, -0.15) is 0 Å². The first-order valence-corrected chi connectivity index (χ1v) is 9.71. The highest BCUT2D eigenvalue weighted by molar-refractivity contribution is 6.18. The van der Waals surface area contributed by atoms with Crippen molar-refractivity contribution < 1.29 is 24.5 Å². The number of hydrogen-bond donors (Lipinski definition) is 2. The molecule has 0 saturated heterocycles. The third kappa shape index (κ3) is 3.19. The Bertz CT molecular complexity index is 1160. The monoisotopic (exact) mass is 413 g/mol. The number of aromatic hydroxyl groups is 2. The number of phenols is 2. The predicted molar refractivity (Wildman–Crippen MR) is 111 cm³/mol. The molecule has 0 atom stereocenters. The van der Waals surface area contributed by atoms with Crippen LogP contribution in [0, 0.1) is 6.92 Å². The van der Waals surface area contributed by atoms with Crippen LogP contribution >= 0.6 is 11.6 Å². The van der Waals surface area contributed by atoms with Gasteiger partial charge in [0.05, 0.1) is 7.11 Å². The number of rotatable bonds is 5. The smallest absolute Gasteiger partial charge is 0.235 e. The van der Waals surface area contributed by atoms with E-state index in [0.717, 1.165) is 41.2 Å². The number of carbonyl (C=O) groups is 1. The van der Waals surface area contributed by atoms with Gasteiger partial charge in [-0.15, -0.1) is 11.6 Å². The molecule has 0 spiro atoms. The second-order valence-corrected chi connectivity index (χ2v) is 7.23. The number of halogens is 1. The van der Waals surface area contributed by atoms with Gasteiger partial charge < -0.3 is 24.3 Å². The summed E-state index contributed by atoms with van der Waals surface area (Å²) in [5.41, 5.74) is 2.84. The van der Waals surface area contributed by atoms with E-state index in [1.54, 1.807) is 13.2 Å². The van der Waals surface area contributed by atoms with Gasteiger partial charge in [0.15, 0.2) is 5.76 Å². The highest BCUT2D eigenvalue weighted by Gasteiger charge is 2.32. The number of aryl methyl sites for hydroxylation is 1. The summed E-state index contributed by atoms with van der Waals surface area (Å²) in [5, 5.41) is 20.6. The molecule has 4 rings (SSSR count). The number of ketones is 1. The van der Waals surface area contributed by atoms with Crippen molar-refractivity contribution in [2.45, 2.75) is 19.9 Å². The van der Waals surface area contributed by atoms with Gasteiger partial charge in [0, 0.05) is 46.7 Å². The van der Waals surface area contributed by atoms with Crippen LogP contribution in [-0.4, -0.2) is 33.6 Å². The van der Waals surface area contributed by atoms with Crippen molar-refractivity contribution in [1.29, 1.82) is 0 Å². The summed E-state index contributed by atoms with van der Waals surface area (Å²) in [6.07, 6.45) is 2.48. The number of nitrogens with zero attached hydrogens (tertiary/aromatic N) is 1. The molecule has 0 saturated carbocycles. The highest BCUT2D eigenvalue weighted by atomic mass is 35.5. The molecule has 0 aliphatic carbocycles. The van der Waals surface area contributed by atoms with Gasteiger partial charge in [-0.25, -0.2) is 0 Å². The topological polar surface area (TPSA) is 80.9 Å². The molecule has 7 heteroatoms. The number of ether oxygens (including phenoxy) is 2. The number of alkyl halides is 1. The first-order valence-electron chi connectivity index (χ1n) is 9.17. The van der Waals surface area contributed by atoms with Crippen LogP contribution in [-0.2, 0) is 6.54 Å². The van der Waals surface area contributed by atoms with Gasteiger partial charge in [0.2, 0.25) is 5.78 Å². The number of methoxy groups -OCH3 is 1. The van der Waals surface area contributed by atoms with E-state index in [0.29, 0.717) is 11.6 Å². The van der Waals surface area contributed by atoms with Crippen LogP contribution in [0.5, 0.6) is 23.0 Å². The average Bonchev–Trinajstić information content (AvgIpc) is 3.14. The molecule has 1 aliphatic rings. The average molecular weight is 414 g/mol. The van der Waals surface area contributed by atoms with Crippen molar-refractivity contribution in [1.82, 2.24) is 4.57 Å². The Morgan fingerprint density at radius 3 is 2.76 bits per heavy atom. The third-order valence-corrected chi connectivity index (χ3v) is 5.37. The summed E-state index contributed by atoms with van der Waals surface area (Å²) in [6, 6.07) is 8.23. The lowest BCUT2D eigenvalue weighted by Crippen LogP contribution is -2.02. The molecule has 2 heterocycles. The molecular formula is C22H20ClNO5. The standard InChI is InChI=1S/C22H20ClNO5/c1-12-15(11-20-22(27)21-18(26)8-13(25)9-19(21)29-20)16-10-14(28-2)4-5-17(16)24(12)7-3-6-23/h4-5,8-11,25-26H,3,6-7H2,1-2H3/b20-11-. The van der Waals surface area contributed by atoms with E-state index < -0.39 is 5.78 Å². The summed E-state index contributed by atoms with van der Waals surface area (Å²) >= 11 is 5.89. The molecule has 0 radical (unpaired) electrons. The summed E-state index contributed by atoms with van der Waals surface area (Å²) < 4.78 is 13.2. The van der Waals surface area contributed by atoms with Crippen LogP contribution in [0.3, 0.4) is 0 Å². The minimum absolute atomic E-state index is 0.0511. The molecule has 150 valence electrons. The molecule has 2 aromatic carbocycles. The number of phenolic OH excluding ortho intramolecular Hbond substituents is 2. The summed E-state index contributed by atoms with van der Waals surface area (Å²) in [4.78, 5) is 12.8. The molecule has 2 N–H and O–H groups in total. The van der Waals surface area contributed by atoms with Crippen molar-refractivity contribution in [3.8, 4) is 23.0 Å². The van der Waals surface area contributed by atoms with E-state index in [4.69, 9.17) is 21.1 Å². The van der Waals surface area contributed by atoms with Crippen LogP contribution in [0.1, 0.15) is 28.0 Å². The number of aromatic nitrogens is 1. The van der Waals surface area contributed by atoms with E-state index in [1.165, 1.54) is 6.07 Å². The van der Waals surface area contributed by atoms with Gasteiger partial charge in [-0.1, -0.05) is 0 Å². The zero-order valence-corrected chi connectivity index (χ0v) is 16.8. The molecular weight excluding hydrogens is 394 g/mol. The SMILES string of the molecule is COc1ccc2c(c1)c(/C=C1\Oc3cc(O)cc(O)c3C1=O)c(C)n2CCCCl. The largest absolute Gasteiger partial charge is 0.508 e. The highest BCUT2D eigenvalue weighted by Crippen LogP contribution is 2.41. The number of Topliss-reactive ketones (excluding diaryl/α,β-unsaturated/α-hetero) is 1. The van der Waals surface area contributed by atoms with Gasteiger partial charge in [0.1, 0.15) is 28.6 Å². The maximum absolute atomic E-state index is 12.8. The van der Waals surface area contributed by atoms with Crippen molar-refractivity contribution in [2.75, 3.05) is 13.0 Å². The summed E-state index contributed by atoms with van der Waals surface area (Å²) in [7, 11) is 1.60. The van der Waals surface area contributed by atoms with E-state index in [-0.39, 0.29) is 28.6 Å². The Labute approximate surface area is 172 Å². The molecule has 29 heavy (non-hydrogen) atoms. The van der Waals surface area contributed by atoms with Crippen LogP contribution in [0.2, 0.25) is 0 Å². The van der Waals surface area contributed by atoms with Crippen LogP contribution in [0.25, 0.3) is 17.0 Å². The van der Waals surface area contributed by atoms with Crippen molar-refractivity contribution in [3.05, 3.63) is 52.9 Å². The zero-order chi connectivity index (χ0) is 20.7. The fourth-order valence-electron chi connectivity index (χ4n) is 3.71. The van der Waals surface area contributed by atoms with Gasteiger partial charge in [-0.3, -0.25) is 4.79 Å². The number of fused-ring (bicyclic) bond motifs is 2. The number of hydrogen-bond acceptors (Lipinski definition) is 5. The van der Waals surface area contributed by atoms with Crippen molar-refractivity contribution >= 4 is 34.4 Å². The molecule has 3 aromatic rings. The van der Waals surface area contributed by atoms with Crippen LogP contribution in [0.15, 0.2) is 36.1 Å². The molecule has 0 unspecified atom stereocenters. The zero-order valence-electron chi connectivity index (χ0n) is 16.0. The Morgan fingerprint density at radius 2 is 2.03 bits per heavy atom. The van der Waals surface area contributed by atoms with E-state index >= 15 is 0 Å². The van der Waals surface area contributed by atoms with E-state index in [1.807, 2.05) is 25.1 Å². The number of carbonyl (C=O) groups excluding carboxylic acids is 1. The van der Waals surface area contributed by atoms with Crippen molar-refractivity contribution in [2.24, 2.45) is 0 Å². The maximum atomic E-state index is 12.8. The van der Waals surface area contributed by atoms with Crippen molar-refractivity contribution in [3.63, 3.8) is 0 Å². The maximum Gasteiger partial charge on any atom is 0.235 e. The first kappa shape index (κ1) is 19.2. The molecule has 0 bridgehead atoms. The minimum Gasteiger partial charge on any atom is -0.508 e. The van der Waals surface area contributed by atoms with Crippen LogP contribution < -0.4 is 9.47 Å². The molecule has 0 amide bonds. The second kappa shape index (κ2) is 7.37. The van der Waals surface area contributed by atoms with Crippen LogP contribution in [0.4, 0.5) is 0 Å². The lowest BCUT2D eigenvalue weighted by molar-refractivity contribution is 0.101. The Balaban J connectivity index is 1.87. The lowest BCUT2D eigenvalue weighted by atomic mass is 10.1. The fourth-order valence-corrected chi connectivity index (χ4v) is 3.83. The lowest BCUT2D eigenvalue weighted by Gasteiger charge is -2.07. The van der Waals surface area contributed by atoms with E-state index in [2.05, 4.69) is 4.57 Å². The second-order valence-electron chi connectivity index (χ2n) is 6.85. The normalized spacial score (nSPS) is 14.4. The number of allylic oxidation sites excluding steroid dienone is 1. The summed E-state index contributed by atoms with van der Waals surface area (Å²) in [6.45, 7) is 2.72. The fraction of sp³-hybridized carbons (Fsp3) is 0.227. The number of benzene rings is 2. The quantitative estimate of drug-likeness (QED) is 0.471. The first-order chi connectivity index (χ1) is 13.9. The third-order valence-electron chi connectivity index (χ3n) is 5.11. The molecule has 0 fully saturated rings. The Kier molecular flexibility index (Phi) is 4.88. The van der Waals surface area contributed by atoms with E-state index in [9.17, 15) is 15.0 Å².